The number of aryl methyl sites for hydroxylation is 1. The molecule has 5 nitrogen and oxygen atoms in total. The maximum Gasteiger partial charge on any atom is 0.312 e. The maximum atomic E-state index is 12.5. The van der Waals surface area contributed by atoms with E-state index in [-0.39, 0.29) is 24.5 Å². The number of hydrogen-bond acceptors (Lipinski definition) is 5. The van der Waals surface area contributed by atoms with Gasteiger partial charge in [-0.2, -0.15) is 0 Å². The highest BCUT2D eigenvalue weighted by Crippen LogP contribution is 2.55. The van der Waals surface area contributed by atoms with Gasteiger partial charge in [0, 0.05) is 16.5 Å². The summed E-state index contributed by atoms with van der Waals surface area (Å²) in [5.41, 5.74) is 2.86. The van der Waals surface area contributed by atoms with Crippen LogP contribution in [0.2, 0.25) is 0 Å². The van der Waals surface area contributed by atoms with Gasteiger partial charge in [0.2, 0.25) is 0 Å². The van der Waals surface area contributed by atoms with Crippen molar-refractivity contribution in [3.63, 3.8) is 0 Å². The summed E-state index contributed by atoms with van der Waals surface area (Å²) in [7, 11) is 0. The van der Waals surface area contributed by atoms with Crippen LogP contribution in [-0.2, 0) is 20.7 Å². The molecule has 1 aromatic carbocycles. The molecule has 1 amide bonds. The summed E-state index contributed by atoms with van der Waals surface area (Å²) < 4.78 is 5.27. The summed E-state index contributed by atoms with van der Waals surface area (Å²) in [6, 6.07) is 8.14. The number of carbonyl (C=O) groups is 2. The Kier molecular flexibility index (Phi) is 5.13. The Morgan fingerprint density at radius 1 is 1.17 bits per heavy atom. The molecule has 0 atom stereocenters. The van der Waals surface area contributed by atoms with Gasteiger partial charge in [0.1, 0.15) is 5.01 Å². The summed E-state index contributed by atoms with van der Waals surface area (Å²) in [5, 5.41) is 6.02. The molecule has 0 saturated heterocycles. The molecular formula is C24H28N2O3S. The van der Waals surface area contributed by atoms with Gasteiger partial charge in [-0.1, -0.05) is 23.8 Å². The first-order chi connectivity index (χ1) is 14.5. The van der Waals surface area contributed by atoms with Crippen LogP contribution in [0.15, 0.2) is 29.6 Å². The third-order valence-electron chi connectivity index (χ3n) is 6.95. The van der Waals surface area contributed by atoms with Crippen LogP contribution in [0.1, 0.15) is 49.8 Å². The molecule has 1 heterocycles. The van der Waals surface area contributed by atoms with Crippen LogP contribution in [0.3, 0.4) is 0 Å². The van der Waals surface area contributed by atoms with Gasteiger partial charge in [-0.15, -0.1) is 11.3 Å². The Labute approximate surface area is 181 Å². The highest BCUT2D eigenvalue weighted by atomic mass is 32.1. The molecule has 6 heteroatoms. The topological polar surface area (TPSA) is 68.3 Å². The molecule has 30 heavy (non-hydrogen) atoms. The van der Waals surface area contributed by atoms with E-state index in [4.69, 9.17) is 4.74 Å². The van der Waals surface area contributed by atoms with Gasteiger partial charge < -0.3 is 10.1 Å². The minimum Gasteiger partial charge on any atom is -0.455 e. The molecule has 0 aliphatic heterocycles. The normalized spacial score (nSPS) is 29.0. The zero-order valence-electron chi connectivity index (χ0n) is 17.4. The van der Waals surface area contributed by atoms with E-state index in [9.17, 15) is 9.59 Å². The average Bonchev–Trinajstić information content (AvgIpc) is 3.13. The Morgan fingerprint density at radius 3 is 2.53 bits per heavy atom. The number of ether oxygens (including phenoxy) is 1. The lowest BCUT2D eigenvalue weighted by Gasteiger charge is -2.56. The predicted molar refractivity (Wildman–Crippen MR) is 116 cm³/mol. The number of aromatic nitrogens is 1. The molecule has 1 N–H and O–H groups in total. The number of esters is 1. The third-order valence-corrected chi connectivity index (χ3v) is 7.89. The van der Waals surface area contributed by atoms with Crippen LogP contribution < -0.4 is 5.32 Å². The van der Waals surface area contributed by atoms with E-state index in [0.29, 0.717) is 5.69 Å². The first-order valence-electron chi connectivity index (χ1n) is 10.9. The second-order valence-corrected chi connectivity index (χ2v) is 10.5. The lowest BCUT2D eigenvalue weighted by Crippen LogP contribution is -2.60. The van der Waals surface area contributed by atoms with E-state index >= 15 is 0 Å². The number of nitrogens with one attached hydrogen (secondary N) is 1. The van der Waals surface area contributed by atoms with E-state index in [1.54, 1.807) is 0 Å². The molecule has 4 fully saturated rings. The standard InChI is InChI=1S/C24H28N2O3S/c1-15-3-2-4-19(5-15)23-25-20(14-30-23)9-22(28)29-13-21(27)26-24-10-16-6-17(11-24)8-18(7-16)12-24/h2-5,14,16-18H,6-13H2,1H3,(H,26,27). The summed E-state index contributed by atoms with van der Waals surface area (Å²) in [6.07, 6.45) is 7.39. The van der Waals surface area contributed by atoms with E-state index in [1.165, 1.54) is 36.2 Å². The fourth-order valence-electron chi connectivity index (χ4n) is 6.24. The van der Waals surface area contributed by atoms with Crippen molar-refractivity contribution in [2.75, 3.05) is 6.61 Å². The van der Waals surface area contributed by atoms with Gasteiger partial charge in [0.05, 0.1) is 12.1 Å². The smallest absolute Gasteiger partial charge is 0.312 e. The second-order valence-electron chi connectivity index (χ2n) is 9.60. The molecule has 2 aromatic rings. The average molecular weight is 425 g/mol. The molecule has 0 spiro atoms. The number of rotatable bonds is 6. The maximum absolute atomic E-state index is 12.5. The van der Waals surface area contributed by atoms with E-state index < -0.39 is 5.97 Å². The van der Waals surface area contributed by atoms with Crippen LogP contribution in [0.4, 0.5) is 0 Å². The number of nitrogens with zero attached hydrogens (tertiary/aromatic N) is 1. The van der Waals surface area contributed by atoms with Crippen molar-refractivity contribution in [2.24, 2.45) is 17.8 Å². The Morgan fingerprint density at radius 2 is 1.87 bits per heavy atom. The quantitative estimate of drug-likeness (QED) is 0.703. The van der Waals surface area contributed by atoms with Crippen molar-refractivity contribution in [3.8, 4) is 10.6 Å². The highest BCUT2D eigenvalue weighted by molar-refractivity contribution is 7.13. The molecule has 4 bridgehead atoms. The molecule has 4 aliphatic carbocycles. The molecule has 0 radical (unpaired) electrons. The predicted octanol–water partition coefficient (Wildman–Crippen LogP) is 4.29. The van der Waals surface area contributed by atoms with Crippen LogP contribution in [0, 0.1) is 24.7 Å². The summed E-state index contributed by atoms with van der Waals surface area (Å²) in [6.45, 7) is 1.85. The summed E-state index contributed by atoms with van der Waals surface area (Å²) >= 11 is 1.52. The number of thiazole rings is 1. The van der Waals surface area contributed by atoms with Crippen molar-refractivity contribution in [1.82, 2.24) is 10.3 Å². The zero-order chi connectivity index (χ0) is 20.7. The molecule has 6 rings (SSSR count). The van der Waals surface area contributed by atoms with E-state index in [1.807, 2.05) is 30.5 Å². The molecule has 0 unspecified atom stereocenters. The van der Waals surface area contributed by atoms with Crippen LogP contribution in [0.5, 0.6) is 0 Å². The molecule has 4 saturated carbocycles. The molecule has 4 aliphatic rings. The highest BCUT2D eigenvalue weighted by Gasteiger charge is 2.51. The van der Waals surface area contributed by atoms with E-state index in [2.05, 4.69) is 16.4 Å². The largest absolute Gasteiger partial charge is 0.455 e. The first-order valence-corrected chi connectivity index (χ1v) is 11.8. The van der Waals surface area contributed by atoms with Gasteiger partial charge >= 0.3 is 5.97 Å². The zero-order valence-corrected chi connectivity index (χ0v) is 18.2. The molecule has 158 valence electrons. The van der Waals surface area contributed by atoms with Crippen molar-refractivity contribution in [1.29, 1.82) is 0 Å². The molecular weight excluding hydrogens is 396 g/mol. The summed E-state index contributed by atoms with van der Waals surface area (Å²) in [4.78, 5) is 29.3. The number of carbonyl (C=O) groups excluding carboxylic acids is 2. The monoisotopic (exact) mass is 424 g/mol. The lowest BCUT2D eigenvalue weighted by molar-refractivity contribution is -0.149. The van der Waals surface area contributed by atoms with Crippen molar-refractivity contribution < 1.29 is 14.3 Å². The van der Waals surface area contributed by atoms with Gasteiger partial charge in [0.25, 0.3) is 5.91 Å². The van der Waals surface area contributed by atoms with Gasteiger partial charge in [-0.3, -0.25) is 9.59 Å². The van der Waals surface area contributed by atoms with Gasteiger partial charge in [-0.05, 0) is 69.3 Å². The number of benzene rings is 1. The van der Waals surface area contributed by atoms with Crippen molar-refractivity contribution >= 4 is 23.2 Å². The molecule has 1 aromatic heterocycles. The Balaban J connectivity index is 1.12. The Bertz CT molecular complexity index is 932. The number of hydrogen-bond donors (Lipinski definition) is 1. The number of amides is 1. The fourth-order valence-corrected chi connectivity index (χ4v) is 7.06. The second kappa shape index (κ2) is 7.80. The van der Waals surface area contributed by atoms with Gasteiger partial charge in [-0.25, -0.2) is 4.98 Å². The third kappa shape index (κ3) is 4.15. The van der Waals surface area contributed by atoms with E-state index in [0.717, 1.165) is 47.6 Å². The van der Waals surface area contributed by atoms with Crippen LogP contribution in [0.25, 0.3) is 10.6 Å². The summed E-state index contributed by atoms with van der Waals surface area (Å²) in [5.74, 6) is 1.74. The van der Waals surface area contributed by atoms with Crippen molar-refractivity contribution in [3.05, 3.63) is 40.9 Å². The minimum atomic E-state index is -0.406. The lowest BCUT2D eigenvalue weighted by atomic mass is 9.53. The fraction of sp³-hybridized carbons (Fsp3) is 0.542. The van der Waals surface area contributed by atoms with Crippen molar-refractivity contribution in [2.45, 2.75) is 57.4 Å². The SMILES string of the molecule is Cc1cccc(-c2nc(CC(=O)OCC(=O)NC34CC5CC(CC(C5)C3)C4)cs2)c1. The minimum absolute atomic E-state index is 0.0458. The van der Waals surface area contributed by atoms with Crippen LogP contribution >= 0.6 is 11.3 Å². The first kappa shape index (κ1) is 19.7. The van der Waals surface area contributed by atoms with Gasteiger partial charge in [0.15, 0.2) is 6.61 Å². The van der Waals surface area contributed by atoms with Crippen LogP contribution in [-0.4, -0.2) is 29.0 Å². The Hall–Kier alpha value is -2.21.